The fourth-order valence-electron chi connectivity index (χ4n) is 3.08. The van der Waals surface area contributed by atoms with E-state index < -0.39 is 0 Å². The Morgan fingerprint density at radius 3 is 3.05 bits per heavy atom. The summed E-state index contributed by atoms with van der Waals surface area (Å²) in [6, 6.07) is 15.6. The van der Waals surface area contributed by atoms with Crippen molar-refractivity contribution in [2.24, 2.45) is 0 Å². The molecule has 2 aromatic rings. The van der Waals surface area contributed by atoms with Crippen LogP contribution in [0, 0.1) is 6.07 Å². The summed E-state index contributed by atoms with van der Waals surface area (Å²) >= 11 is 0. The van der Waals surface area contributed by atoms with E-state index in [-0.39, 0.29) is 6.10 Å². The fraction of sp³-hybridized carbons (Fsp3) is 0.333. The lowest BCUT2D eigenvalue weighted by molar-refractivity contribution is 0.176. The maximum atomic E-state index is 6.14. The first-order valence-electron chi connectivity index (χ1n) is 7.31. The summed E-state index contributed by atoms with van der Waals surface area (Å²) in [5.74, 6) is 2.03. The van der Waals surface area contributed by atoms with Gasteiger partial charge in [0.1, 0.15) is 17.6 Å². The van der Waals surface area contributed by atoms with Gasteiger partial charge in [-0.2, -0.15) is 0 Å². The van der Waals surface area contributed by atoms with Crippen LogP contribution in [0.4, 0.5) is 0 Å². The van der Waals surface area contributed by atoms with E-state index in [1.54, 1.807) is 0 Å². The molecule has 0 N–H and O–H groups in total. The van der Waals surface area contributed by atoms with Crippen molar-refractivity contribution in [2.75, 3.05) is 6.61 Å². The predicted octanol–water partition coefficient (Wildman–Crippen LogP) is 3.88. The second kappa shape index (κ2) is 4.86. The van der Waals surface area contributed by atoms with Crippen molar-refractivity contribution >= 4 is 0 Å². The van der Waals surface area contributed by atoms with E-state index in [0.29, 0.717) is 0 Å². The molecule has 20 heavy (non-hydrogen) atoms. The maximum absolute atomic E-state index is 6.14. The largest absolute Gasteiger partial charge is 0.493 e. The van der Waals surface area contributed by atoms with Gasteiger partial charge in [0.25, 0.3) is 0 Å². The van der Waals surface area contributed by atoms with Gasteiger partial charge in [0.15, 0.2) is 0 Å². The molecule has 101 valence electrons. The van der Waals surface area contributed by atoms with Gasteiger partial charge >= 0.3 is 0 Å². The minimum Gasteiger partial charge on any atom is -0.493 e. The smallest absolute Gasteiger partial charge is 0.124 e. The quantitative estimate of drug-likeness (QED) is 0.779. The summed E-state index contributed by atoms with van der Waals surface area (Å²) in [4.78, 5) is 0. The zero-order valence-electron chi connectivity index (χ0n) is 11.4. The van der Waals surface area contributed by atoms with E-state index in [9.17, 15) is 0 Å². The molecule has 0 fully saturated rings. The summed E-state index contributed by atoms with van der Waals surface area (Å²) in [6.07, 6.45) is 4.49. The van der Waals surface area contributed by atoms with Crippen LogP contribution in [0.5, 0.6) is 11.5 Å². The molecule has 4 rings (SSSR count). The molecule has 0 amide bonds. The maximum Gasteiger partial charge on any atom is 0.124 e. The Bertz CT molecular complexity index is 633. The van der Waals surface area contributed by atoms with Crippen molar-refractivity contribution in [1.82, 2.24) is 0 Å². The molecule has 0 aliphatic carbocycles. The van der Waals surface area contributed by atoms with Crippen molar-refractivity contribution in [3.63, 3.8) is 0 Å². The van der Waals surface area contributed by atoms with Crippen molar-refractivity contribution < 1.29 is 9.47 Å². The van der Waals surface area contributed by atoms with Crippen LogP contribution in [-0.4, -0.2) is 6.61 Å². The molecule has 1 radical (unpaired) electrons. The minimum absolute atomic E-state index is 0.158. The van der Waals surface area contributed by atoms with Gasteiger partial charge in [0.05, 0.1) is 6.61 Å². The lowest BCUT2D eigenvalue weighted by atomic mass is 9.95. The van der Waals surface area contributed by atoms with Gasteiger partial charge in [0, 0.05) is 0 Å². The first-order valence-corrected chi connectivity index (χ1v) is 7.31. The molecule has 0 spiro atoms. The SMILES string of the molecule is [c]1ccc2c(c1)OC(c1ccc3c(c1)CCCO3)CC2. The molecule has 2 aromatic carbocycles. The highest BCUT2D eigenvalue weighted by molar-refractivity contribution is 5.41. The fourth-order valence-corrected chi connectivity index (χ4v) is 3.08. The molecular weight excluding hydrogens is 248 g/mol. The lowest BCUT2D eigenvalue weighted by Gasteiger charge is -2.27. The zero-order chi connectivity index (χ0) is 13.4. The Morgan fingerprint density at radius 2 is 2.05 bits per heavy atom. The molecule has 0 saturated heterocycles. The highest BCUT2D eigenvalue weighted by Gasteiger charge is 2.22. The normalized spacial score (nSPS) is 20.3. The van der Waals surface area contributed by atoms with Gasteiger partial charge in [0.2, 0.25) is 0 Å². The van der Waals surface area contributed by atoms with E-state index in [4.69, 9.17) is 9.47 Å². The van der Waals surface area contributed by atoms with Gasteiger partial charge in [-0.1, -0.05) is 18.2 Å². The Balaban J connectivity index is 1.63. The number of hydrogen-bond acceptors (Lipinski definition) is 2. The molecule has 2 heterocycles. The average molecular weight is 265 g/mol. The highest BCUT2D eigenvalue weighted by atomic mass is 16.5. The highest BCUT2D eigenvalue weighted by Crippen LogP contribution is 2.36. The third-order valence-electron chi connectivity index (χ3n) is 4.16. The predicted molar refractivity (Wildman–Crippen MR) is 77.2 cm³/mol. The van der Waals surface area contributed by atoms with Crippen molar-refractivity contribution in [3.8, 4) is 11.5 Å². The third kappa shape index (κ3) is 2.05. The Morgan fingerprint density at radius 1 is 1.05 bits per heavy atom. The van der Waals surface area contributed by atoms with Crippen LogP contribution in [0.1, 0.15) is 35.6 Å². The number of aryl methyl sites for hydroxylation is 2. The van der Waals surface area contributed by atoms with E-state index in [0.717, 1.165) is 43.8 Å². The first-order chi connectivity index (χ1) is 9.90. The van der Waals surface area contributed by atoms with Crippen molar-refractivity contribution in [3.05, 3.63) is 59.2 Å². The molecule has 1 unspecified atom stereocenters. The van der Waals surface area contributed by atoms with Crippen LogP contribution in [0.25, 0.3) is 0 Å². The van der Waals surface area contributed by atoms with Gasteiger partial charge in [-0.15, -0.1) is 0 Å². The van der Waals surface area contributed by atoms with Gasteiger partial charge in [-0.05, 0) is 66.6 Å². The molecule has 0 saturated carbocycles. The van der Waals surface area contributed by atoms with Crippen LogP contribution in [-0.2, 0) is 12.8 Å². The second-order valence-electron chi connectivity index (χ2n) is 5.50. The van der Waals surface area contributed by atoms with Gasteiger partial charge < -0.3 is 9.47 Å². The van der Waals surface area contributed by atoms with E-state index in [2.05, 4.69) is 30.3 Å². The summed E-state index contributed by atoms with van der Waals surface area (Å²) in [6.45, 7) is 0.843. The van der Waals surface area contributed by atoms with Crippen LogP contribution >= 0.6 is 0 Å². The molecule has 0 aromatic heterocycles. The molecular formula is C18H17O2. The first kappa shape index (κ1) is 11.8. The Hall–Kier alpha value is -1.96. The summed E-state index contributed by atoms with van der Waals surface area (Å²) in [5, 5.41) is 0. The number of ether oxygens (including phenoxy) is 2. The summed E-state index contributed by atoms with van der Waals surface area (Å²) < 4.78 is 11.8. The van der Waals surface area contributed by atoms with Crippen LogP contribution in [0.2, 0.25) is 0 Å². The Kier molecular flexibility index (Phi) is 2.87. The number of rotatable bonds is 1. The monoisotopic (exact) mass is 265 g/mol. The molecule has 1 atom stereocenters. The topological polar surface area (TPSA) is 18.5 Å². The number of benzene rings is 2. The summed E-state index contributed by atoms with van der Waals surface area (Å²) in [7, 11) is 0. The molecule has 2 nitrogen and oxygen atoms in total. The van der Waals surface area contributed by atoms with Crippen LogP contribution < -0.4 is 9.47 Å². The average Bonchev–Trinajstić information content (AvgIpc) is 2.54. The van der Waals surface area contributed by atoms with Crippen molar-refractivity contribution in [2.45, 2.75) is 31.8 Å². The van der Waals surface area contributed by atoms with E-state index in [1.807, 2.05) is 12.1 Å². The van der Waals surface area contributed by atoms with Crippen LogP contribution in [0.3, 0.4) is 0 Å². The molecule has 0 bridgehead atoms. The zero-order valence-corrected chi connectivity index (χ0v) is 11.4. The molecule has 2 aliphatic heterocycles. The Labute approximate surface area is 119 Å². The van der Waals surface area contributed by atoms with E-state index >= 15 is 0 Å². The van der Waals surface area contributed by atoms with Crippen molar-refractivity contribution in [1.29, 1.82) is 0 Å². The van der Waals surface area contributed by atoms with E-state index in [1.165, 1.54) is 16.7 Å². The standard InChI is InChI=1S/C18H17O2/c1-2-6-17-13(4-1)7-10-18(20-17)15-8-9-16-14(12-15)5-3-11-19-16/h1,4,6,8-9,12,18H,3,5,7,10-11H2. The molecule has 2 aliphatic rings. The van der Waals surface area contributed by atoms with Gasteiger partial charge in [-0.25, -0.2) is 0 Å². The molecule has 2 heteroatoms. The third-order valence-corrected chi connectivity index (χ3v) is 4.16. The van der Waals surface area contributed by atoms with Gasteiger partial charge in [-0.3, -0.25) is 0 Å². The lowest BCUT2D eigenvalue weighted by Crippen LogP contribution is -2.16. The number of fused-ring (bicyclic) bond motifs is 2. The minimum atomic E-state index is 0.158. The van der Waals surface area contributed by atoms with Crippen LogP contribution in [0.15, 0.2) is 36.4 Å². The second-order valence-corrected chi connectivity index (χ2v) is 5.50. The number of hydrogen-bond donors (Lipinski definition) is 0. The summed E-state index contributed by atoms with van der Waals surface area (Å²) in [5.41, 5.74) is 3.88.